The topological polar surface area (TPSA) is 41.6 Å². The summed E-state index contributed by atoms with van der Waals surface area (Å²) in [6, 6.07) is 13.7. The summed E-state index contributed by atoms with van der Waals surface area (Å²) in [6.45, 7) is 3.55. The number of hydrogen-bond donors (Lipinski definition) is 1. The first-order valence-corrected chi connectivity index (χ1v) is 7.66. The van der Waals surface area contributed by atoms with Crippen LogP contribution in [-0.4, -0.2) is 26.1 Å². The molecule has 0 atom stereocenters. The van der Waals surface area contributed by atoms with Crippen molar-refractivity contribution in [1.82, 2.24) is 0 Å². The van der Waals surface area contributed by atoms with Crippen LogP contribution in [0.2, 0.25) is 0 Å². The van der Waals surface area contributed by atoms with Gasteiger partial charge in [0, 0.05) is 18.8 Å². The summed E-state index contributed by atoms with van der Waals surface area (Å²) in [4.78, 5) is 14.2. The van der Waals surface area contributed by atoms with Gasteiger partial charge in [-0.25, -0.2) is 0 Å². The van der Waals surface area contributed by atoms with Gasteiger partial charge < -0.3 is 15.0 Å². The van der Waals surface area contributed by atoms with E-state index in [0.29, 0.717) is 6.61 Å². The first kappa shape index (κ1) is 15.2. The Hall–Kier alpha value is -2.75. The van der Waals surface area contributed by atoms with Crippen molar-refractivity contribution in [2.45, 2.75) is 6.92 Å². The van der Waals surface area contributed by atoms with E-state index in [0.717, 1.165) is 34.8 Å². The molecule has 1 amide bonds. The zero-order valence-electron chi connectivity index (χ0n) is 13.4. The van der Waals surface area contributed by atoms with E-state index in [4.69, 9.17) is 4.74 Å². The van der Waals surface area contributed by atoms with Crippen molar-refractivity contribution in [3.63, 3.8) is 0 Å². The average molecular weight is 308 g/mol. The van der Waals surface area contributed by atoms with Crippen molar-refractivity contribution in [1.29, 1.82) is 0 Å². The predicted octanol–water partition coefficient (Wildman–Crippen LogP) is 3.48. The van der Waals surface area contributed by atoms with Crippen molar-refractivity contribution in [3.8, 4) is 5.75 Å². The van der Waals surface area contributed by atoms with Crippen LogP contribution in [0.15, 0.2) is 48.5 Å². The fourth-order valence-corrected chi connectivity index (χ4v) is 2.53. The maximum absolute atomic E-state index is 12.1. The molecule has 0 bridgehead atoms. The molecule has 1 aliphatic rings. The number of fused-ring (bicyclic) bond motifs is 1. The number of carbonyl (C=O) groups excluding carboxylic acids is 1. The van der Waals surface area contributed by atoms with Crippen LogP contribution >= 0.6 is 0 Å². The zero-order valence-corrected chi connectivity index (χ0v) is 13.4. The van der Waals surface area contributed by atoms with E-state index in [2.05, 4.69) is 10.2 Å². The van der Waals surface area contributed by atoms with Gasteiger partial charge in [0.25, 0.3) is 0 Å². The fourth-order valence-electron chi connectivity index (χ4n) is 2.53. The summed E-state index contributed by atoms with van der Waals surface area (Å²) in [6.07, 6.45) is 3.37. The van der Waals surface area contributed by atoms with Gasteiger partial charge in [-0.05, 0) is 42.3 Å². The number of rotatable bonds is 3. The molecule has 1 N–H and O–H groups in total. The molecule has 1 aliphatic heterocycles. The van der Waals surface area contributed by atoms with E-state index in [-0.39, 0.29) is 5.91 Å². The number of likely N-dealkylation sites (N-methyl/N-ethyl adjacent to an activating group) is 1. The largest absolute Gasteiger partial charge is 0.490 e. The smallest absolute Gasteiger partial charge is 0.248 e. The highest BCUT2D eigenvalue weighted by Crippen LogP contribution is 2.31. The fraction of sp³-hybridized carbons (Fsp3) is 0.211. The Labute approximate surface area is 136 Å². The minimum absolute atomic E-state index is 0.137. The molecule has 0 aliphatic carbocycles. The van der Waals surface area contributed by atoms with Crippen LogP contribution in [-0.2, 0) is 4.79 Å². The summed E-state index contributed by atoms with van der Waals surface area (Å²) < 4.78 is 5.62. The Morgan fingerprint density at radius 2 is 2.09 bits per heavy atom. The van der Waals surface area contributed by atoms with Gasteiger partial charge in [-0.2, -0.15) is 0 Å². The van der Waals surface area contributed by atoms with Gasteiger partial charge in [-0.3, -0.25) is 4.79 Å². The van der Waals surface area contributed by atoms with Crippen molar-refractivity contribution in [2.75, 3.05) is 30.4 Å². The Kier molecular flexibility index (Phi) is 4.33. The number of aryl methyl sites for hydroxylation is 1. The second-order valence-electron chi connectivity index (χ2n) is 5.63. The molecule has 0 radical (unpaired) electrons. The van der Waals surface area contributed by atoms with Crippen molar-refractivity contribution in [2.24, 2.45) is 0 Å². The minimum atomic E-state index is -0.137. The number of anilines is 2. The minimum Gasteiger partial charge on any atom is -0.490 e. The highest BCUT2D eigenvalue weighted by Gasteiger charge is 2.14. The molecule has 3 rings (SSSR count). The molecule has 0 unspecified atom stereocenters. The van der Waals surface area contributed by atoms with E-state index >= 15 is 0 Å². The number of benzene rings is 2. The lowest BCUT2D eigenvalue weighted by Gasteiger charge is -2.27. The van der Waals surface area contributed by atoms with E-state index in [9.17, 15) is 4.79 Å². The first-order chi connectivity index (χ1) is 11.1. The van der Waals surface area contributed by atoms with E-state index < -0.39 is 0 Å². The first-order valence-electron chi connectivity index (χ1n) is 7.66. The van der Waals surface area contributed by atoms with Gasteiger partial charge in [0.05, 0.1) is 12.2 Å². The van der Waals surface area contributed by atoms with E-state index in [1.54, 1.807) is 6.08 Å². The Balaban J connectivity index is 1.71. The van der Waals surface area contributed by atoms with Crippen LogP contribution in [0.25, 0.3) is 6.08 Å². The molecule has 118 valence electrons. The number of nitrogens with zero attached hydrogens (tertiary/aromatic N) is 1. The number of para-hydroxylation sites is 1. The number of ether oxygens (including phenoxy) is 1. The third-order valence-electron chi connectivity index (χ3n) is 3.91. The maximum atomic E-state index is 12.1. The highest BCUT2D eigenvalue weighted by molar-refractivity contribution is 6.02. The summed E-state index contributed by atoms with van der Waals surface area (Å²) in [5.74, 6) is 0.752. The third-order valence-corrected chi connectivity index (χ3v) is 3.91. The summed E-state index contributed by atoms with van der Waals surface area (Å²) in [5.41, 5.74) is 3.90. The molecule has 2 aromatic rings. The Bertz CT molecular complexity index is 753. The van der Waals surface area contributed by atoms with Crippen LogP contribution < -0.4 is 15.0 Å². The Morgan fingerprint density at radius 3 is 2.91 bits per heavy atom. The number of hydrogen-bond acceptors (Lipinski definition) is 3. The lowest BCUT2D eigenvalue weighted by molar-refractivity contribution is -0.111. The number of amides is 1. The van der Waals surface area contributed by atoms with E-state index in [1.165, 1.54) is 0 Å². The van der Waals surface area contributed by atoms with Gasteiger partial charge in [0.1, 0.15) is 12.4 Å². The van der Waals surface area contributed by atoms with Crippen LogP contribution in [0.3, 0.4) is 0 Å². The molecule has 4 nitrogen and oxygen atoms in total. The molecule has 4 heteroatoms. The monoisotopic (exact) mass is 308 g/mol. The lowest BCUT2D eigenvalue weighted by Crippen LogP contribution is -2.28. The van der Waals surface area contributed by atoms with Crippen LogP contribution in [0, 0.1) is 6.92 Å². The SMILES string of the molecule is Cc1ccccc1NC(=O)/C=C/c1ccc2c(c1)N(C)CCO2. The normalized spacial score (nSPS) is 13.6. The third kappa shape index (κ3) is 3.54. The molecule has 0 aromatic heterocycles. The average Bonchev–Trinajstić information content (AvgIpc) is 2.56. The van der Waals surface area contributed by atoms with Crippen molar-refractivity contribution < 1.29 is 9.53 Å². The summed E-state index contributed by atoms with van der Waals surface area (Å²) in [7, 11) is 2.04. The van der Waals surface area contributed by atoms with Crippen LogP contribution in [0.5, 0.6) is 5.75 Å². The second-order valence-corrected chi connectivity index (χ2v) is 5.63. The number of carbonyl (C=O) groups is 1. The molecule has 0 saturated carbocycles. The zero-order chi connectivity index (χ0) is 16.2. The second kappa shape index (κ2) is 6.57. The van der Waals surface area contributed by atoms with Gasteiger partial charge in [0.15, 0.2) is 0 Å². The molecule has 0 spiro atoms. The van der Waals surface area contributed by atoms with Gasteiger partial charge in [-0.1, -0.05) is 24.3 Å². The van der Waals surface area contributed by atoms with Crippen molar-refractivity contribution >= 4 is 23.4 Å². The van der Waals surface area contributed by atoms with Gasteiger partial charge in [0.2, 0.25) is 5.91 Å². The molecular formula is C19H20N2O2. The molecule has 23 heavy (non-hydrogen) atoms. The molecule has 2 aromatic carbocycles. The van der Waals surface area contributed by atoms with Crippen LogP contribution in [0.4, 0.5) is 11.4 Å². The standard InChI is InChI=1S/C19H20N2O2/c1-14-5-3-4-6-16(14)20-19(22)10-8-15-7-9-18-17(13-15)21(2)11-12-23-18/h3-10,13H,11-12H2,1-2H3,(H,20,22)/b10-8+. The van der Waals surface area contributed by atoms with E-state index in [1.807, 2.05) is 62.5 Å². The lowest BCUT2D eigenvalue weighted by atomic mass is 10.1. The summed E-state index contributed by atoms with van der Waals surface area (Å²) >= 11 is 0. The molecular weight excluding hydrogens is 288 g/mol. The van der Waals surface area contributed by atoms with Gasteiger partial charge in [-0.15, -0.1) is 0 Å². The van der Waals surface area contributed by atoms with Crippen LogP contribution in [0.1, 0.15) is 11.1 Å². The maximum Gasteiger partial charge on any atom is 0.248 e. The predicted molar refractivity (Wildman–Crippen MR) is 94.0 cm³/mol. The highest BCUT2D eigenvalue weighted by atomic mass is 16.5. The molecule has 0 fully saturated rings. The van der Waals surface area contributed by atoms with Gasteiger partial charge >= 0.3 is 0 Å². The molecule has 0 saturated heterocycles. The summed E-state index contributed by atoms with van der Waals surface area (Å²) in [5, 5.41) is 2.89. The molecule has 1 heterocycles. The van der Waals surface area contributed by atoms with Crippen molar-refractivity contribution in [3.05, 3.63) is 59.7 Å². The quantitative estimate of drug-likeness (QED) is 0.883. The number of nitrogens with one attached hydrogen (secondary N) is 1. The Morgan fingerprint density at radius 1 is 1.26 bits per heavy atom.